The van der Waals surface area contributed by atoms with E-state index in [1.807, 2.05) is 13.8 Å². The van der Waals surface area contributed by atoms with Gasteiger partial charge in [0.1, 0.15) is 0 Å². The van der Waals surface area contributed by atoms with Gasteiger partial charge in [-0.05, 0) is 38.8 Å². The zero-order chi connectivity index (χ0) is 14.4. The average molecular weight is 290 g/mol. The van der Waals surface area contributed by atoms with E-state index in [0.29, 0.717) is 23.6 Å². The lowest BCUT2D eigenvalue weighted by molar-refractivity contribution is -0.122. The van der Waals surface area contributed by atoms with E-state index in [-0.39, 0.29) is 23.7 Å². The number of para-hydroxylation sites is 1. The topological polar surface area (TPSA) is 37.4 Å². The summed E-state index contributed by atoms with van der Waals surface area (Å²) >= 11 is 6.13. The molecular formula is C16H16ClNO2. The molecule has 2 amide bonds. The maximum Gasteiger partial charge on any atom is 0.238 e. The standard InChI is InChI=1S/C16H16ClNO2/c1-9-7-11-12(8-10(9)2)16(20)18(15(11)19)14-6-4-3-5-13(14)17/h3-6,11-12H,7-8H2,1-2H3. The molecule has 0 aromatic heterocycles. The summed E-state index contributed by atoms with van der Waals surface area (Å²) in [6.45, 7) is 4.09. The summed E-state index contributed by atoms with van der Waals surface area (Å²) in [5.41, 5.74) is 2.97. The van der Waals surface area contributed by atoms with E-state index in [2.05, 4.69) is 0 Å². The van der Waals surface area contributed by atoms with Gasteiger partial charge in [0.05, 0.1) is 22.5 Å². The number of allylic oxidation sites excluding steroid dienone is 2. The van der Waals surface area contributed by atoms with Crippen LogP contribution in [-0.4, -0.2) is 11.8 Å². The van der Waals surface area contributed by atoms with Crippen LogP contribution in [0.3, 0.4) is 0 Å². The van der Waals surface area contributed by atoms with Crippen LogP contribution >= 0.6 is 11.6 Å². The summed E-state index contributed by atoms with van der Waals surface area (Å²) < 4.78 is 0. The lowest BCUT2D eigenvalue weighted by atomic mass is 9.78. The highest BCUT2D eigenvalue weighted by Gasteiger charge is 2.49. The Morgan fingerprint density at radius 2 is 1.50 bits per heavy atom. The normalized spacial score (nSPS) is 26.2. The summed E-state index contributed by atoms with van der Waals surface area (Å²) in [6, 6.07) is 7.01. The minimum atomic E-state index is -0.220. The van der Waals surface area contributed by atoms with Crippen LogP contribution in [-0.2, 0) is 9.59 Å². The van der Waals surface area contributed by atoms with Crippen molar-refractivity contribution < 1.29 is 9.59 Å². The highest BCUT2D eigenvalue weighted by atomic mass is 35.5. The molecule has 4 heteroatoms. The van der Waals surface area contributed by atoms with Gasteiger partial charge in [0.15, 0.2) is 0 Å². The number of halogens is 1. The molecule has 1 fully saturated rings. The maximum atomic E-state index is 12.6. The Morgan fingerprint density at radius 3 is 2.00 bits per heavy atom. The van der Waals surface area contributed by atoms with Gasteiger partial charge in [0, 0.05) is 0 Å². The monoisotopic (exact) mass is 289 g/mol. The minimum absolute atomic E-state index is 0.111. The molecule has 20 heavy (non-hydrogen) atoms. The second-order valence-corrected chi connectivity index (χ2v) is 6.05. The molecule has 0 N–H and O–H groups in total. The lowest BCUT2D eigenvalue weighted by Crippen LogP contribution is -2.31. The van der Waals surface area contributed by atoms with Crippen molar-refractivity contribution in [2.24, 2.45) is 11.8 Å². The Balaban J connectivity index is 2.00. The molecule has 1 aromatic rings. The SMILES string of the molecule is CC1=C(C)CC2C(=O)N(c3ccccc3Cl)C(=O)C2C1. The van der Waals surface area contributed by atoms with Gasteiger partial charge in [-0.25, -0.2) is 4.90 Å². The molecule has 1 saturated heterocycles. The Hall–Kier alpha value is -1.61. The van der Waals surface area contributed by atoms with E-state index < -0.39 is 0 Å². The fourth-order valence-electron chi connectivity index (χ4n) is 3.12. The van der Waals surface area contributed by atoms with Crippen molar-refractivity contribution >= 4 is 29.1 Å². The number of nitrogens with zero attached hydrogens (tertiary/aromatic N) is 1. The Bertz CT molecular complexity index is 603. The first-order chi connectivity index (χ1) is 9.50. The first kappa shape index (κ1) is 13.4. The molecule has 0 saturated carbocycles. The number of hydrogen-bond donors (Lipinski definition) is 0. The summed E-state index contributed by atoms with van der Waals surface area (Å²) in [5.74, 6) is -0.662. The number of carbonyl (C=O) groups is 2. The fourth-order valence-corrected chi connectivity index (χ4v) is 3.34. The van der Waals surface area contributed by atoms with E-state index in [4.69, 9.17) is 11.6 Å². The third kappa shape index (κ3) is 1.88. The second kappa shape index (κ2) is 4.74. The van der Waals surface area contributed by atoms with Crippen LogP contribution in [0.15, 0.2) is 35.4 Å². The number of amides is 2. The van der Waals surface area contributed by atoms with Crippen LogP contribution < -0.4 is 4.90 Å². The molecule has 0 bridgehead atoms. The molecule has 0 spiro atoms. The summed E-state index contributed by atoms with van der Waals surface area (Å²) in [6.07, 6.45) is 1.37. The molecule has 1 aliphatic heterocycles. The predicted molar refractivity (Wildman–Crippen MR) is 78.5 cm³/mol. The van der Waals surface area contributed by atoms with Crippen molar-refractivity contribution in [3.05, 3.63) is 40.4 Å². The summed E-state index contributed by atoms with van der Waals surface area (Å²) in [7, 11) is 0. The predicted octanol–water partition coefficient (Wildman–Crippen LogP) is 3.58. The molecule has 1 aliphatic carbocycles. The zero-order valence-corrected chi connectivity index (χ0v) is 12.3. The molecule has 1 aromatic carbocycles. The van der Waals surface area contributed by atoms with Crippen LogP contribution in [0.5, 0.6) is 0 Å². The highest BCUT2D eigenvalue weighted by Crippen LogP contribution is 2.43. The molecular weight excluding hydrogens is 274 g/mol. The Morgan fingerprint density at radius 1 is 1.00 bits per heavy atom. The molecule has 1 heterocycles. The lowest BCUT2D eigenvalue weighted by Gasteiger charge is -2.23. The smallest absolute Gasteiger partial charge is 0.238 e. The van der Waals surface area contributed by atoms with Crippen molar-refractivity contribution in [1.29, 1.82) is 0 Å². The van der Waals surface area contributed by atoms with Crippen molar-refractivity contribution in [3.63, 3.8) is 0 Å². The molecule has 3 nitrogen and oxygen atoms in total. The van der Waals surface area contributed by atoms with Crippen molar-refractivity contribution in [2.45, 2.75) is 26.7 Å². The van der Waals surface area contributed by atoms with E-state index in [0.717, 1.165) is 0 Å². The van der Waals surface area contributed by atoms with E-state index in [1.54, 1.807) is 24.3 Å². The second-order valence-electron chi connectivity index (χ2n) is 5.65. The molecule has 3 rings (SSSR count). The molecule has 104 valence electrons. The van der Waals surface area contributed by atoms with Gasteiger partial charge in [-0.2, -0.15) is 0 Å². The molecule has 2 unspecified atom stereocenters. The number of anilines is 1. The van der Waals surface area contributed by atoms with E-state index in [1.165, 1.54) is 16.0 Å². The van der Waals surface area contributed by atoms with Gasteiger partial charge >= 0.3 is 0 Å². The zero-order valence-electron chi connectivity index (χ0n) is 11.5. The van der Waals surface area contributed by atoms with Crippen LogP contribution in [0.4, 0.5) is 5.69 Å². The number of benzene rings is 1. The molecule has 2 atom stereocenters. The number of rotatable bonds is 1. The number of hydrogen-bond acceptors (Lipinski definition) is 2. The quantitative estimate of drug-likeness (QED) is 0.585. The minimum Gasteiger partial charge on any atom is -0.274 e. The first-order valence-electron chi connectivity index (χ1n) is 6.78. The fraction of sp³-hybridized carbons (Fsp3) is 0.375. The Kier molecular flexibility index (Phi) is 3.17. The molecule has 0 radical (unpaired) electrons. The van der Waals surface area contributed by atoms with Crippen LogP contribution in [0.1, 0.15) is 26.7 Å². The van der Waals surface area contributed by atoms with Gasteiger partial charge in [0.25, 0.3) is 0 Å². The Labute approximate surface area is 123 Å². The van der Waals surface area contributed by atoms with E-state index >= 15 is 0 Å². The van der Waals surface area contributed by atoms with Gasteiger partial charge in [0.2, 0.25) is 11.8 Å². The molecule has 2 aliphatic rings. The largest absolute Gasteiger partial charge is 0.274 e. The number of carbonyl (C=O) groups excluding carboxylic acids is 2. The van der Waals surface area contributed by atoms with Crippen molar-refractivity contribution in [1.82, 2.24) is 0 Å². The third-order valence-corrected chi connectivity index (χ3v) is 4.75. The first-order valence-corrected chi connectivity index (χ1v) is 7.16. The average Bonchev–Trinajstić information content (AvgIpc) is 2.64. The van der Waals surface area contributed by atoms with Crippen LogP contribution in [0.2, 0.25) is 5.02 Å². The summed E-state index contributed by atoms with van der Waals surface area (Å²) in [4.78, 5) is 26.4. The number of fused-ring (bicyclic) bond motifs is 1. The number of imide groups is 1. The summed E-state index contributed by atoms with van der Waals surface area (Å²) in [5, 5.41) is 0.439. The van der Waals surface area contributed by atoms with Gasteiger partial charge in [-0.3, -0.25) is 9.59 Å². The third-order valence-electron chi connectivity index (χ3n) is 4.43. The maximum absolute atomic E-state index is 12.6. The van der Waals surface area contributed by atoms with Gasteiger partial charge in [-0.15, -0.1) is 0 Å². The van der Waals surface area contributed by atoms with Gasteiger partial charge in [-0.1, -0.05) is 34.9 Å². The van der Waals surface area contributed by atoms with Crippen LogP contribution in [0, 0.1) is 11.8 Å². The van der Waals surface area contributed by atoms with E-state index in [9.17, 15) is 9.59 Å². The van der Waals surface area contributed by atoms with Gasteiger partial charge < -0.3 is 0 Å². The highest BCUT2D eigenvalue weighted by molar-refractivity contribution is 6.36. The van der Waals surface area contributed by atoms with Crippen molar-refractivity contribution in [2.75, 3.05) is 4.90 Å². The van der Waals surface area contributed by atoms with Crippen LogP contribution in [0.25, 0.3) is 0 Å². The van der Waals surface area contributed by atoms with Crippen molar-refractivity contribution in [3.8, 4) is 0 Å².